The van der Waals surface area contributed by atoms with Crippen molar-refractivity contribution in [2.75, 3.05) is 6.54 Å². The normalized spacial score (nSPS) is 22.4. The maximum absolute atomic E-state index is 13.1. The van der Waals surface area contributed by atoms with Gasteiger partial charge in [0, 0.05) is 6.54 Å². The third kappa shape index (κ3) is 2.76. The fourth-order valence-electron chi connectivity index (χ4n) is 2.42. The molecule has 1 aromatic rings. The molecule has 108 valence electrons. The Balaban J connectivity index is 2.26. The summed E-state index contributed by atoms with van der Waals surface area (Å²) in [4.78, 5) is 23.1. The number of amides is 2. The molecule has 0 spiro atoms. The van der Waals surface area contributed by atoms with Crippen LogP contribution < -0.4 is 11.1 Å². The number of rotatable bonds is 3. The van der Waals surface area contributed by atoms with Crippen LogP contribution in [0, 0.1) is 29.3 Å². The van der Waals surface area contributed by atoms with E-state index in [9.17, 15) is 22.8 Å². The van der Waals surface area contributed by atoms with Gasteiger partial charge in [0.1, 0.15) is 0 Å². The number of piperidine rings is 1. The van der Waals surface area contributed by atoms with E-state index in [2.05, 4.69) is 5.32 Å². The summed E-state index contributed by atoms with van der Waals surface area (Å²) in [6.07, 6.45) is 0.297. The average molecular weight is 286 g/mol. The van der Waals surface area contributed by atoms with Gasteiger partial charge in [-0.3, -0.25) is 9.59 Å². The van der Waals surface area contributed by atoms with Gasteiger partial charge in [0.15, 0.2) is 17.5 Å². The molecule has 1 saturated heterocycles. The predicted octanol–water partition coefficient (Wildman–Crippen LogP) is 0.884. The van der Waals surface area contributed by atoms with E-state index in [-0.39, 0.29) is 12.0 Å². The highest BCUT2D eigenvalue weighted by Gasteiger charge is 2.35. The summed E-state index contributed by atoms with van der Waals surface area (Å²) in [5.41, 5.74) is 5.34. The average Bonchev–Trinajstić information content (AvgIpc) is 2.38. The molecular weight excluding hydrogens is 273 g/mol. The number of benzene rings is 1. The molecule has 2 unspecified atom stereocenters. The lowest BCUT2D eigenvalue weighted by Gasteiger charge is -2.28. The van der Waals surface area contributed by atoms with Crippen LogP contribution in [0.1, 0.15) is 12.0 Å². The highest BCUT2D eigenvalue weighted by molar-refractivity contribution is 5.88. The molecule has 1 heterocycles. The van der Waals surface area contributed by atoms with Gasteiger partial charge in [0.25, 0.3) is 0 Å². The van der Waals surface area contributed by atoms with Gasteiger partial charge in [0.2, 0.25) is 11.8 Å². The van der Waals surface area contributed by atoms with Crippen LogP contribution >= 0.6 is 0 Å². The molecule has 0 bridgehead atoms. The van der Waals surface area contributed by atoms with Crippen molar-refractivity contribution in [3.05, 3.63) is 35.1 Å². The number of carbonyl (C=O) groups is 2. The Morgan fingerprint density at radius 1 is 1.30 bits per heavy atom. The zero-order chi connectivity index (χ0) is 14.9. The van der Waals surface area contributed by atoms with E-state index in [1.807, 2.05) is 0 Å². The molecule has 0 aliphatic carbocycles. The Morgan fingerprint density at radius 2 is 1.90 bits per heavy atom. The van der Waals surface area contributed by atoms with Crippen molar-refractivity contribution in [1.82, 2.24) is 5.32 Å². The monoisotopic (exact) mass is 286 g/mol. The fourth-order valence-corrected chi connectivity index (χ4v) is 2.42. The molecule has 2 atom stereocenters. The van der Waals surface area contributed by atoms with Crippen LogP contribution in [0.2, 0.25) is 0 Å². The number of nitrogens with two attached hydrogens (primary N) is 1. The Morgan fingerprint density at radius 3 is 2.45 bits per heavy atom. The van der Waals surface area contributed by atoms with Crippen LogP contribution in [0.25, 0.3) is 0 Å². The minimum absolute atomic E-state index is 0.0758. The fraction of sp³-hybridized carbons (Fsp3) is 0.385. The van der Waals surface area contributed by atoms with E-state index >= 15 is 0 Å². The highest BCUT2D eigenvalue weighted by atomic mass is 19.2. The number of nitrogens with one attached hydrogen (secondary N) is 1. The van der Waals surface area contributed by atoms with Gasteiger partial charge in [-0.15, -0.1) is 0 Å². The first-order valence-corrected chi connectivity index (χ1v) is 6.10. The van der Waals surface area contributed by atoms with E-state index < -0.39 is 41.1 Å². The van der Waals surface area contributed by atoms with Crippen molar-refractivity contribution in [2.45, 2.75) is 12.8 Å². The second-order valence-electron chi connectivity index (χ2n) is 4.77. The van der Waals surface area contributed by atoms with E-state index in [0.717, 1.165) is 12.1 Å². The Kier molecular flexibility index (Phi) is 3.96. The molecule has 0 saturated carbocycles. The van der Waals surface area contributed by atoms with Crippen LogP contribution in [-0.4, -0.2) is 18.4 Å². The van der Waals surface area contributed by atoms with Gasteiger partial charge < -0.3 is 11.1 Å². The second-order valence-corrected chi connectivity index (χ2v) is 4.77. The van der Waals surface area contributed by atoms with Crippen molar-refractivity contribution in [2.24, 2.45) is 17.6 Å². The first-order valence-electron chi connectivity index (χ1n) is 6.10. The zero-order valence-corrected chi connectivity index (χ0v) is 10.5. The molecule has 2 rings (SSSR count). The maximum atomic E-state index is 13.1. The summed E-state index contributed by atoms with van der Waals surface area (Å²) < 4.78 is 39.1. The van der Waals surface area contributed by atoms with Crippen LogP contribution in [0.5, 0.6) is 0 Å². The Labute approximate surface area is 113 Å². The summed E-state index contributed by atoms with van der Waals surface area (Å²) in [6, 6.07) is 1.64. The predicted molar refractivity (Wildman–Crippen MR) is 63.8 cm³/mol. The Hall–Kier alpha value is -2.05. The number of hydrogen-bond acceptors (Lipinski definition) is 2. The molecule has 2 amide bonds. The van der Waals surface area contributed by atoms with E-state index in [0.29, 0.717) is 13.0 Å². The van der Waals surface area contributed by atoms with Gasteiger partial charge in [-0.1, -0.05) is 0 Å². The van der Waals surface area contributed by atoms with Crippen LogP contribution in [0.3, 0.4) is 0 Å². The van der Waals surface area contributed by atoms with Gasteiger partial charge in [-0.05, 0) is 30.5 Å². The highest BCUT2D eigenvalue weighted by Crippen LogP contribution is 2.25. The molecule has 7 heteroatoms. The lowest BCUT2D eigenvalue weighted by molar-refractivity contribution is -0.135. The van der Waals surface area contributed by atoms with Gasteiger partial charge in [0.05, 0.1) is 11.8 Å². The van der Waals surface area contributed by atoms with Crippen molar-refractivity contribution >= 4 is 11.8 Å². The van der Waals surface area contributed by atoms with Crippen LogP contribution in [-0.2, 0) is 16.0 Å². The first kappa shape index (κ1) is 14.4. The lowest BCUT2D eigenvalue weighted by atomic mass is 9.81. The molecule has 1 aliphatic rings. The number of halogens is 3. The largest absolute Gasteiger partial charge is 0.369 e. The molecule has 4 nitrogen and oxygen atoms in total. The molecule has 1 aromatic carbocycles. The van der Waals surface area contributed by atoms with Gasteiger partial charge in [-0.2, -0.15) is 0 Å². The molecule has 1 fully saturated rings. The molecule has 0 aromatic heterocycles. The van der Waals surface area contributed by atoms with Crippen molar-refractivity contribution in [3.8, 4) is 0 Å². The van der Waals surface area contributed by atoms with Crippen molar-refractivity contribution in [1.29, 1.82) is 0 Å². The van der Waals surface area contributed by atoms with E-state index in [1.54, 1.807) is 0 Å². The maximum Gasteiger partial charge on any atom is 0.224 e. The molecule has 3 N–H and O–H groups in total. The zero-order valence-electron chi connectivity index (χ0n) is 10.5. The molecule has 20 heavy (non-hydrogen) atoms. The summed E-state index contributed by atoms with van der Waals surface area (Å²) in [5, 5.41) is 2.57. The summed E-state index contributed by atoms with van der Waals surface area (Å²) in [7, 11) is 0. The smallest absolute Gasteiger partial charge is 0.224 e. The van der Waals surface area contributed by atoms with Crippen molar-refractivity contribution < 1.29 is 22.8 Å². The van der Waals surface area contributed by atoms with Crippen LogP contribution in [0.15, 0.2) is 12.1 Å². The second kappa shape index (κ2) is 5.52. The first-order chi connectivity index (χ1) is 9.40. The lowest BCUT2D eigenvalue weighted by Crippen LogP contribution is -2.47. The SMILES string of the molecule is NC(=O)C1CCNC(=O)C1Cc1cc(F)c(F)c(F)c1. The van der Waals surface area contributed by atoms with Gasteiger partial charge >= 0.3 is 0 Å². The van der Waals surface area contributed by atoms with Gasteiger partial charge in [-0.25, -0.2) is 13.2 Å². The third-order valence-electron chi connectivity index (χ3n) is 3.44. The number of primary amides is 1. The summed E-state index contributed by atoms with van der Waals surface area (Å²) >= 11 is 0. The topological polar surface area (TPSA) is 72.2 Å². The summed E-state index contributed by atoms with van der Waals surface area (Å²) in [5.74, 6) is -6.74. The molecule has 0 radical (unpaired) electrons. The quantitative estimate of drug-likeness (QED) is 0.810. The third-order valence-corrected chi connectivity index (χ3v) is 3.44. The Bertz CT molecular complexity index is 540. The standard InChI is InChI=1S/C13H13F3N2O2/c14-9-4-6(5-10(15)11(9)16)3-8-7(12(17)19)1-2-18-13(8)20/h4-5,7-8H,1-3H2,(H2,17,19)(H,18,20). The van der Waals surface area contributed by atoms with E-state index in [1.165, 1.54) is 0 Å². The minimum atomic E-state index is -1.56. The summed E-state index contributed by atoms with van der Waals surface area (Å²) in [6.45, 7) is 0.328. The molecular formula is C13H13F3N2O2. The van der Waals surface area contributed by atoms with Crippen molar-refractivity contribution in [3.63, 3.8) is 0 Å². The minimum Gasteiger partial charge on any atom is -0.369 e. The number of hydrogen-bond donors (Lipinski definition) is 2. The number of carbonyl (C=O) groups excluding carboxylic acids is 2. The molecule has 1 aliphatic heterocycles. The van der Waals surface area contributed by atoms with E-state index in [4.69, 9.17) is 5.73 Å². The van der Waals surface area contributed by atoms with Crippen LogP contribution in [0.4, 0.5) is 13.2 Å².